The van der Waals surface area contributed by atoms with Crippen LogP contribution < -0.4 is 19.7 Å². The number of methoxy groups -OCH3 is 2. The van der Waals surface area contributed by atoms with Crippen LogP contribution in [0.3, 0.4) is 0 Å². The summed E-state index contributed by atoms with van der Waals surface area (Å²) < 4.78 is 17.0. The summed E-state index contributed by atoms with van der Waals surface area (Å²) in [5.41, 5.74) is 3.45. The van der Waals surface area contributed by atoms with Crippen LogP contribution in [-0.4, -0.2) is 39.4 Å². The van der Waals surface area contributed by atoms with Gasteiger partial charge in [0.1, 0.15) is 17.6 Å². The molecule has 192 valence electrons. The summed E-state index contributed by atoms with van der Waals surface area (Å²) in [6, 6.07) is 28.3. The van der Waals surface area contributed by atoms with Crippen LogP contribution in [0.25, 0.3) is 10.8 Å². The molecule has 0 aliphatic carbocycles. The number of ether oxygens (including phenoxy) is 3. The molecule has 0 spiro atoms. The van der Waals surface area contributed by atoms with E-state index in [-0.39, 0.29) is 30.5 Å². The largest absolute Gasteiger partial charge is 0.495 e. The first-order valence-electron chi connectivity index (χ1n) is 12.1. The molecular formula is C30H31ClN2O4. The fourth-order valence-electron chi connectivity index (χ4n) is 4.82. The van der Waals surface area contributed by atoms with E-state index < -0.39 is 0 Å². The third-order valence-electron chi connectivity index (χ3n) is 6.67. The minimum Gasteiger partial charge on any atom is -0.495 e. The lowest BCUT2D eigenvalue weighted by Gasteiger charge is -2.37. The Bertz CT molecular complexity index is 1390. The van der Waals surface area contributed by atoms with Crippen molar-refractivity contribution in [2.24, 2.45) is 0 Å². The summed E-state index contributed by atoms with van der Waals surface area (Å²) >= 11 is 0. The fraction of sp³-hybridized carbons (Fsp3) is 0.233. The number of nitrogens with zero attached hydrogens (tertiary/aromatic N) is 1. The van der Waals surface area contributed by atoms with Crippen molar-refractivity contribution in [3.8, 4) is 11.5 Å². The van der Waals surface area contributed by atoms with Crippen LogP contribution in [0.15, 0.2) is 84.9 Å². The highest BCUT2D eigenvalue weighted by atomic mass is 35.5. The second kappa shape index (κ2) is 11.5. The van der Waals surface area contributed by atoms with Gasteiger partial charge in [-0.1, -0.05) is 54.6 Å². The number of hydrogen-bond acceptors (Lipinski definition) is 6. The predicted molar refractivity (Wildman–Crippen MR) is 150 cm³/mol. The molecule has 37 heavy (non-hydrogen) atoms. The van der Waals surface area contributed by atoms with Crippen LogP contribution in [-0.2, 0) is 4.74 Å². The second-order valence-electron chi connectivity index (χ2n) is 8.89. The third-order valence-corrected chi connectivity index (χ3v) is 6.67. The molecule has 2 atom stereocenters. The number of para-hydroxylation sites is 2. The fourth-order valence-corrected chi connectivity index (χ4v) is 4.82. The molecule has 1 unspecified atom stereocenters. The van der Waals surface area contributed by atoms with Gasteiger partial charge < -0.3 is 24.4 Å². The van der Waals surface area contributed by atoms with Gasteiger partial charge in [-0.25, -0.2) is 4.79 Å². The van der Waals surface area contributed by atoms with Crippen LogP contribution in [0.4, 0.5) is 11.4 Å². The first kappa shape index (κ1) is 26.3. The zero-order valence-electron chi connectivity index (χ0n) is 21.1. The topological polar surface area (TPSA) is 60.0 Å². The summed E-state index contributed by atoms with van der Waals surface area (Å²) in [5, 5.41) is 6.16. The number of hydrogen-bond donors (Lipinski definition) is 1. The zero-order valence-corrected chi connectivity index (χ0v) is 22.0. The summed E-state index contributed by atoms with van der Waals surface area (Å²) in [7, 11) is 3.02. The molecule has 7 heteroatoms. The van der Waals surface area contributed by atoms with Crippen molar-refractivity contribution in [3.63, 3.8) is 0 Å². The molecule has 4 aromatic carbocycles. The van der Waals surface area contributed by atoms with E-state index in [2.05, 4.69) is 59.6 Å². The van der Waals surface area contributed by atoms with Gasteiger partial charge in [0.2, 0.25) is 0 Å². The molecule has 1 aliphatic heterocycles. The molecule has 1 N–H and O–H groups in total. The Morgan fingerprint density at radius 1 is 1.00 bits per heavy atom. The molecular weight excluding hydrogens is 488 g/mol. The third kappa shape index (κ3) is 5.36. The average molecular weight is 519 g/mol. The van der Waals surface area contributed by atoms with E-state index >= 15 is 0 Å². The van der Waals surface area contributed by atoms with Crippen molar-refractivity contribution in [3.05, 3.63) is 96.1 Å². The Morgan fingerprint density at radius 3 is 2.57 bits per heavy atom. The number of anilines is 2. The molecule has 0 aromatic heterocycles. The SMILES string of the molecule is COC(=O)c1ccc(OC)c(N2CC(CN[C@H](C)c3cccc4ccccc34)Oc3ccccc32)c1.Cl. The van der Waals surface area contributed by atoms with Crippen molar-refractivity contribution in [1.82, 2.24) is 5.32 Å². The Hall–Kier alpha value is -3.74. The van der Waals surface area contributed by atoms with E-state index in [1.54, 1.807) is 19.2 Å². The maximum atomic E-state index is 12.2. The number of carbonyl (C=O) groups is 1. The molecule has 1 heterocycles. The quantitative estimate of drug-likeness (QED) is 0.289. The number of carbonyl (C=O) groups excluding carboxylic acids is 1. The second-order valence-corrected chi connectivity index (χ2v) is 8.89. The van der Waals surface area contributed by atoms with Crippen LogP contribution >= 0.6 is 12.4 Å². The van der Waals surface area contributed by atoms with E-state index in [0.717, 1.165) is 17.1 Å². The van der Waals surface area contributed by atoms with Gasteiger partial charge in [-0.3, -0.25) is 0 Å². The number of rotatable bonds is 7. The van der Waals surface area contributed by atoms with Gasteiger partial charge in [0, 0.05) is 12.6 Å². The van der Waals surface area contributed by atoms with Gasteiger partial charge in [0.15, 0.2) is 0 Å². The first-order valence-corrected chi connectivity index (χ1v) is 12.1. The number of halogens is 1. The number of fused-ring (bicyclic) bond motifs is 2. The average Bonchev–Trinajstić information content (AvgIpc) is 2.94. The number of esters is 1. The molecule has 0 radical (unpaired) electrons. The summed E-state index contributed by atoms with van der Waals surface area (Å²) in [6.07, 6.45) is -0.121. The lowest BCUT2D eigenvalue weighted by atomic mass is 9.99. The van der Waals surface area contributed by atoms with Crippen LogP contribution in [0, 0.1) is 0 Å². The number of benzene rings is 4. The molecule has 0 fully saturated rings. The van der Waals surface area contributed by atoms with Crippen molar-refractivity contribution in [2.45, 2.75) is 19.1 Å². The van der Waals surface area contributed by atoms with Crippen LogP contribution in [0.2, 0.25) is 0 Å². The van der Waals surface area contributed by atoms with Crippen molar-refractivity contribution < 1.29 is 19.0 Å². The minimum atomic E-state index is -0.387. The highest BCUT2D eigenvalue weighted by Crippen LogP contribution is 2.42. The van der Waals surface area contributed by atoms with Gasteiger partial charge in [-0.15, -0.1) is 12.4 Å². The minimum absolute atomic E-state index is 0. The lowest BCUT2D eigenvalue weighted by Crippen LogP contribution is -2.44. The molecule has 0 saturated heterocycles. The Labute approximate surface area is 223 Å². The first-order chi connectivity index (χ1) is 17.6. The van der Waals surface area contributed by atoms with Crippen LogP contribution in [0.1, 0.15) is 28.9 Å². The molecule has 0 bridgehead atoms. The molecule has 1 aliphatic rings. The Balaban J connectivity index is 0.00000320. The summed E-state index contributed by atoms with van der Waals surface area (Å²) in [4.78, 5) is 14.4. The zero-order chi connectivity index (χ0) is 25.1. The van der Waals surface area contributed by atoms with Crippen molar-refractivity contribution in [2.75, 3.05) is 32.2 Å². The molecule has 4 aromatic rings. The predicted octanol–water partition coefficient (Wildman–Crippen LogP) is 6.31. The van der Waals surface area contributed by atoms with Gasteiger partial charge >= 0.3 is 5.97 Å². The van der Waals surface area contributed by atoms with E-state index in [1.165, 1.54) is 23.4 Å². The Morgan fingerprint density at radius 2 is 1.76 bits per heavy atom. The van der Waals surface area contributed by atoms with Gasteiger partial charge in [0.05, 0.1) is 37.7 Å². The van der Waals surface area contributed by atoms with Gasteiger partial charge in [-0.05, 0) is 53.6 Å². The monoisotopic (exact) mass is 518 g/mol. The van der Waals surface area contributed by atoms with E-state index in [0.29, 0.717) is 24.4 Å². The highest BCUT2D eigenvalue weighted by molar-refractivity contribution is 5.92. The molecule has 6 nitrogen and oxygen atoms in total. The normalized spacial score (nSPS) is 15.2. The Kier molecular flexibility index (Phi) is 8.21. The van der Waals surface area contributed by atoms with E-state index in [4.69, 9.17) is 14.2 Å². The summed E-state index contributed by atoms with van der Waals surface area (Å²) in [5.74, 6) is 1.08. The summed E-state index contributed by atoms with van der Waals surface area (Å²) in [6.45, 7) is 3.42. The smallest absolute Gasteiger partial charge is 0.337 e. The van der Waals surface area contributed by atoms with Crippen molar-refractivity contribution in [1.29, 1.82) is 0 Å². The highest BCUT2D eigenvalue weighted by Gasteiger charge is 2.29. The number of nitrogens with one attached hydrogen (secondary N) is 1. The maximum absolute atomic E-state index is 12.2. The molecule has 0 saturated carbocycles. The lowest BCUT2D eigenvalue weighted by molar-refractivity contribution is 0.0600. The van der Waals surface area contributed by atoms with E-state index in [1.807, 2.05) is 30.3 Å². The molecule has 0 amide bonds. The van der Waals surface area contributed by atoms with Gasteiger partial charge in [0.25, 0.3) is 0 Å². The molecule has 5 rings (SSSR count). The van der Waals surface area contributed by atoms with Gasteiger partial charge in [-0.2, -0.15) is 0 Å². The van der Waals surface area contributed by atoms with Crippen LogP contribution in [0.5, 0.6) is 11.5 Å². The van der Waals surface area contributed by atoms with E-state index in [9.17, 15) is 4.79 Å². The maximum Gasteiger partial charge on any atom is 0.337 e. The standard InChI is InChI=1S/C30H30N2O4.ClH/c1-20(24-12-8-10-21-9-4-5-11-25(21)24)31-18-23-19-32(26-13-6-7-14-29(26)36-23)27-17-22(30(33)35-3)15-16-28(27)34-2;/h4-17,20,23,31H,18-19H2,1-3H3;1H/t20-,23?;/m1./s1. The van der Waals surface area contributed by atoms with Crippen molar-refractivity contribution >= 4 is 40.5 Å².